The van der Waals surface area contributed by atoms with Crippen molar-refractivity contribution in [3.8, 4) is 17.2 Å². The van der Waals surface area contributed by atoms with Crippen LogP contribution in [0.1, 0.15) is 39.0 Å². The maximum absolute atomic E-state index is 13.4. The topological polar surface area (TPSA) is 92.5 Å². The summed E-state index contributed by atoms with van der Waals surface area (Å²) in [5.41, 5.74) is 2.46. The van der Waals surface area contributed by atoms with Gasteiger partial charge in [-0.3, -0.25) is 9.78 Å². The molecule has 0 bridgehead atoms. The van der Waals surface area contributed by atoms with E-state index in [0.717, 1.165) is 16.8 Å². The summed E-state index contributed by atoms with van der Waals surface area (Å²) in [5, 5.41) is 9.42. The summed E-state index contributed by atoms with van der Waals surface area (Å²) in [6.07, 6.45) is 5.40. The van der Waals surface area contributed by atoms with Gasteiger partial charge in [0, 0.05) is 36.3 Å². The second-order valence-corrected chi connectivity index (χ2v) is 10.6. The van der Waals surface area contributed by atoms with Crippen LogP contribution in [-0.2, 0) is 14.3 Å². The molecule has 1 amide bonds. The fourth-order valence-electron chi connectivity index (χ4n) is 7.06. The number of likely N-dealkylation sites (tertiary alicyclic amines) is 1. The van der Waals surface area contributed by atoms with Gasteiger partial charge in [0.05, 0.1) is 29.3 Å². The number of nitriles is 1. The fraction of sp³-hybridized carbons (Fsp3) is 0.467. The van der Waals surface area contributed by atoms with E-state index in [-0.39, 0.29) is 41.8 Å². The Morgan fingerprint density at radius 3 is 2.73 bits per heavy atom. The number of rotatable bonds is 4. The second kappa shape index (κ2) is 9.66. The minimum absolute atomic E-state index is 0.0337. The smallest absolute Gasteiger partial charge is 0.409 e. The zero-order chi connectivity index (χ0) is 26.3. The summed E-state index contributed by atoms with van der Waals surface area (Å²) in [5.74, 6) is 0.430. The molecule has 1 aliphatic carbocycles. The van der Waals surface area contributed by atoms with Gasteiger partial charge in [0.2, 0.25) is 0 Å². The number of pyridine rings is 1. The number of amides is 1. The minimum Gasteiger partial charge on any atom is -0.462 e. The number of esters is 1. The van der Waals surface area contributed by atoms with Gasteiger partial charge in [-0.05, 0) is 55.7 Å². The Morgan fingerprint density at radius 1 is 1.24 bits per heavy atom. The van der Waals surface area contributed by atoms with Crippen LogP contribution >= 0.6 is 0 Å². The molecule has 2 aliphatic heterocycles. The van der Waals surface area contributed by atoms with Crippen LogP contribution in [0.5, 0.6) is 0 Å². The number of aromatic nitrogens is 1. The molecule has 2 aromatic rings. The second-order valence-electron chi connectivity index (χ2n) is 10.6. The highest BCUT2D eigenvalue weighted by Crippen LogP contribution is 2.62. The molecule has 3 heterocycles. The van der Waals surface area contributed by atoms with Crippen LogP contribution in [0.2, 0.25) is 0 Å². The van der Waals surface area contributed by atoms with Crippen molar-refractivity contribution in [2.45, 2.75) is 33.8 Å². The zero-order valence-electron chi connectivity index (χ0n) is 21.8. The summed E-state index contributed by atoms with van der Waals surface area (Å²) in [4.78, 5) is 32.3. The van der Waals surface area contributed by atoms with Crippen molar-refractivity contribution in [2.24, 2.45) is 35.0 Å². The number of hydrogen-bond donors (Lipinski definition) is 0. The van der Waals surface area contributed by atoms with Gasteiger partial charge >= 0.3 is 12.1 Å². The summed E-state index contributed by atoms with van der Waals surface area (Å²) < 4.78 is 11.2. The minimum atomic E-state index is -0.717. The van der Waals surface area contributed by atoms with Crippen LogP contribution in [0, 0.1) is 46.3 Å². The summed E-state index contributed by atoms with van der Waals surface area (Å²) in [6.45, 7) is 9.37. The number of carbonyl (C=O) groups is 2. The number of benzene rings is 1. The lowest BCUT2D eigenvalue weighted by Crippen LogP contribution is -2.54. The lowest BCUT2D eigenvalue weighted by molar-refractivity contribution is -0.152. The Hall–Kier alpha value is -3.66. The van der Waals surface area contributed by atoms with E-state index in [1.807, 2.05) is 43.3 Å². The molecule has 1 aromatic carbocycles. The molecule has 7 heteroatoms. The quantitative estimate of drug-likeness (QED) is 0.539. The number of ether oxygens (including phenoxy) is 2. The van der Waals surface area contributed by atoms with Gasteiger partial charge in [-0.1, -0.05) is 44.2 Å². The molecule has 3 aliphatic rings. The van der Waals surface area contributed by atoms with Crippen molar-refractivity contribution in [1.82, 2.24) is 9.88 Å². The standard InChI is InChI=1S/C30H33N3O4/c1-5-36-29(35)33-16-26-19(3)18(2)24(27-20(4)37-28(34)30(26,27)17-33)13-12-23-11-10-22(15-32-23)25-9-7-6-8-21(25)14-31/h6-13,15,18-20,24,26-27H,5,16-17H2,1-4H3/b13-12+/t18-,19-,20-,24+,26+,27+,30-/m1/s1. The number of allylic oxidation sites excluding steroid dienone is 1. The molecule has 3 fully saturated rings. The predicted octanol–water partition coefficient (Wildman–Crippen LogP) is 5.17. The van der Waals surface area contributed by atoms with Crippen molar-refractivity contribution in [3.05, 3.63) is 59.9 Å². The van der Waals surface area contributed by atoms with E-state index >= 15 is 0 Å². The lowest BCUT2D eigenvalue weighted by Gasteiger charge is -2.49. The van der Waals surface area contributed by atoms with E-state index in [1.54, 1.807) is 24.1 Å². The molecule has 0 unspecified atom stereocenters. The van der Waals surface area contributed by atoms with Gasteiger partial charge in [-0.25, -0.2) is 4.79 Å². The molecule has 0 N–H and O–H groups in total. The van der Waals surface area contributed by atoms with E-state index in [2.05, 4.69) is 31.0 Å². The van der Waals surface area contributed by atoms with E-state index < -0.39 is 5.41 Å². The van der Waals surface area contributed by atoms with Crippen LogP contribution < -0.4 is 0 Å². The van der Waals surface area contributed by atoms with Crippen molar-refractivity contribution < 1.29 is 19.1 Å². The highest BCUT2D eigenvalue weighted by molar-refractivity contribution is 5.83. The average Bonchev–Trinajstić information content (AvgIpc) is 3.43. The van der Waals surface area contributed by atoms with Crippen LogP contribution in [0.3, 0.4) is 0 Å². The number of carbonyl (C=O) groups excluding carboxylic acids is 2. The van der Waals surface area contributed by atoms with Crippen molar-refractivity contribution in [3.63, 3.8) is 0 Å². The molecule has 5 rings (SSSR count). The third-order valence-corrected chi connectivity index (χ3v) is 8.95. The molecule has 2 saturated heterocycles. The van der Waals surface area contributed by atoms with Crippen molar-refractivity contribution in [1.29, 1.82) is 5.26 Å². The first kappa shape index (κ1) is 25.0. The van der Waals surface area contributed by atoms with Crippen LogP contribution in [0.15, 0.2) is 48.7 Å². The lowest BCUT2D eigenvalue weighted by atomic mass is 9.51. The molecule has 7 nitrogen and oxygen atoms in total. The molecule has 1 saturated carbocycles. The maximum atomic E-state index is 13.4. The SMILES string of the molecule is CCOC(=O)N1C[C@H]2[C@H](C)[C@@H](C)[C@H](/C=C/c3ccc(-c4ccccc4C#N)cn3)[C@@H]3[C@@H](C)OC(=O)[C@@]32C1. The summed E-state index contributed by atoms with van der Waals surface area (Å²) >= 11 is 0. The predicted molar refractivity (Wildman–Crippen MR) is 139 cm³/mol. The molecule has 192 valence electrons. The fourth-order valence-corrected chi connectivity index (χ4v) is 7.06. The number of hydrogen-bond acceptors (Lipinski definition) is 6. The van der Waals surface area contributed by atoms with Crippen molar-refractivity contribution in [2.75, 3.05) is 19.7 Å². The molecule has 37 heavy (non-hydrogen) atoms. The molecule has 7 atom stereocenters. The monoisotopic (exact) mass is 499 g/mol. The van der Waals surface area contributed by atoms with E-state index in [4.69, 9.17) is 9.47 Å². The zero-order valence-corrected chi connectivity index (χ0v) is 21.8. The van der Waals surface area contributed by atoms with Gasteiger partial charge in [0.25, 0.3) is 0 Å². The Bertz CT molecular complexity index is 1270. The molecular weight excluding hydrogens is 466 g/mol. The average molecular weight is 500 g/mol. The van der Waals surface area contributed by atoms with E-state index in [9.17, 15) is 14.9 Å². The third kappa shape index (κ3) is 3.99. The summed E-state index contributed by atoms with van der Waals surface area (Å²) in [6, 6.07) is 13.7. The van der Waals surface area contributed by atoms with Gasteiger partial charge < -0.3 is 14.4 Å². The number of cyclic esters (lactones) is 1. The largest absolute Gasteiger partial charge is 0.462 e. The number of nitrogens with zero attached hydrogens (tertiary/aromatic N) is 3. The van der Waals surface area contributed by atoms with E-state index in [1.165, 1.54) is 0 Å². The Labute approximate surface area is 218 Å². The molecule has 1 aromatic heterocycles. The Balaban J connectivity index is 1.44. The van der Waals surface area contributed by atoms with Crippen LogP contribution in [0.4, 0.5) is 4.79 Å². The van der Waals surface area contributed by atoms with Crippen molar-refractivity contribution >= 4 is 18.1 Å². The third-order valence-electron chi connectivity index (χ3n) is 8.95. The maximum Gasteiger partial charge on any atom is 0.409 e. The van der Waals surface area contributed by atoms with Gasteiger partial charge in [0.1, 0.15) is 6.10 Å². The normalized spacial score (nSPS) is 32.5. The molecule has 1 spiro atoms. The first-order valence-electron chi connectivity index (χ1n) is 13.1. The molecule has 0 radical (unpaired) electrons. The Kier molecular flexibility index (Phi) is 6.53. The Morgan fingerprint density at radius 2 is 2.03 bits per heavy atom. The van der Waals surface area contributed by atoms with Crippen LogP contribution in [-0.4, -0.2) is 47.7 Å². The highest BCUT2D eigenvalue weighted by Gasteiger charge is 2.70. The van der Waals surface area contributed by atoms with Crippen LogP contribution in [0.25, 0.3) is 17.2 Å². The van der Waals surface area contributed by atoms with Gasteiger partial charge in [0.15, 0.2) is 0 Å². The first-order valence-corrected chi connectivity index (χ1v) is 13.1. The highest BCUT2D eigenvalue weighted by atomic mass is 16.6. The van der Waals surface area contributed by atoms with Gasteiger partial charge in [-0.2, -0.15) is 5.26 Å². The summed E-state index contributed by atoms with van der Waals surface area (Å²) in [7, 11) is 0. The first-order chi connectivity index (χ1) is 17.8. The van der Waals surface area contributed by atoms with E-state index in [0.29, 0.717) is 31.2 Å². The van der Waals surface area contributed by atoms with Gasteiger partial charge in [-0.15, -0.1) is 0 Å². The molecular formula is C30H33N3O4.